The summed E-state index contributed by atoms with van der Waals surface area (Å²) in [7, 11) is 0. The lowest BCUT2D eigenvalue weighted by atomic mass is 10.2. The Labute approximate surface area is 165 Å². The first kappa shape index (κ1) is 20.0. The molecule has 0 spiro atoms. The highest BCUT2D eigenvalue weighted by Gasteiger charge is 2.22. The average molecular weight is 398 g/mol. The van der Waals surface area contributed by atoms with E-state index in [0.29, 0.717) is 37.6 Å². The van der Waals surface area contributed by atoms with E-state index in [1.165, 1.54) is 36.4 Å². The molecule has 0 unspecified atom stereocenters. The Hall–Kier alpha value is -3.79. The van der Waals surface area contributed by atoms with Crippen molar-refractivity contribution in [3.63, 3.8) is 0 Å². The molecule has 1 aliphatic heterocycles. The van der Waals surface area contributed by atoms with Gasteiger partial charge >= 0.3 is 0 Å². The number of nitro benzene ring substituents is 2. The molecule has 1 saturated heterocycles. The number of rotatable bonds is 6. The van der Waals surface area contributed by atoms with Gasteiger partial charge in [-0.2, -0.15) is 0 Å². The summed E-state index contributed by atoms with van der Waals surface area (Å²) in [5, 5.41) is 24.8. The van der Waals surface area contributed by atoms with Crippen LogP contribution >= 0.6 is 0 Å². The van der Waals surface area contributed by atoms with Crippen LogP contribution in [0.25, 0.3) is 6.08 Å². The van der Waals surface area contributed by atoms with E-state index in [4.69, 9.17) is 4.74 Å². The van der Waals surface area contributed by atoms with Crippen LogP contribution in [0.3, 0.4) is 0 Å². The van der Waals surface area contributed by atoms with Crippen LogP contribution in [0.2, 0.25) is 0 Å². The molecule has 0 radical (unpaired) electrons. The van der Waals surface area contributed by atoms with Gasteiger partial charge in [0.2, 0.25) is 5.91 Å². The molecular weight excluding hydrogens is 380 g/mol. The Bertz CT molecular complexity index is 969. The third-order valence-electron chi connectivity index (χ3n) is 4.30. The lowest BCUT2D eigenvalue weighted by Crippen LogP contribution is -2.36. The maximum Gasteiger partial charge on any atom is 0.294 e. The van der Waals surface area contributed by atoms with Crippen LogP contribution in [-0.4, -0.2) is 42.1 Å². The molecule has 1 amide bonds. The van der Waals surface area contributed by atoms with Gasteiger partial charge in [0.25, 0.3) is 11.4 Å². The van der Waals surface area contributed by atoms with Crippen LogP contribution in [0.4, 0.5) is 22.7 Å². The highest BCUT2D eigenvalue weighted by Crippen LogP contribution is 2.31. The van der Waals surface area contributed by atoms with Gasteiger partial charge < -0.3 is 15.0 Å². The predicted molar refractivity (Wildman–Crippen MR) is 107 cm³/mol. The summed E-state index contributed by atoms with van der Waals surface area (Å²) in [4.78, 5) is 35.3. The molecule has 0 aliphatic carbocycles. The molecule has 0 saturated carbocycles. The number of hydrogen-bond acceptors (Lipinski definition) is 7. The molecule has 1 fully saturated rings. The van der Waals surface area contributed by atoms with E-state index in [1.807, 2.05) is 4.90 Å². The number of hydrogen-bond donors (Lipinski definition) is 1. The molecule has 0 bridgehead atoms. The Morgan fingerprint density at radius 3 is 2.52 bits per heavy atom. The molecule has 10 heteroatoms. The summed E-state index contributed by atoms with van der Waals surface area (Å²) in [5.74, 6) is -0.509. The van der Waals surface area contributed by atoms with Gasteiger partial charge in [0.1, 0.15) is 5.69 Å². The number of amides is 1. The number of anilines is 2. The minimum absolute atomic E-state index is 0.0816. The largest absolute Gasteiger partial charge is 0.378 e. The maximum absolute atomic E-state index is 12.1. The number of ether oxygens (including phenoxy) is 1. The topological polar surface area (TPSA) is 128 Å². The quantitative estimate of drug-likeness (QED) is 0.450. The summed E-state index contributed by atoms with van der Waals surface area (Å²) < 4.78 is 5.27. The van der Waals surface area contributed by atoms with E-state index in [2.05, 4.69) is 5.32 Å². The van der Waals surface area contributed by atoms with Gasteiger partial charge in [-0.3, -0.25) is 25.0 Å². The molecule has 10 nitrogen and oxygen atoms in total. The molecule has 0 atom stereocenters. The molecule has 150 valence electrons. The summed E-state index contributed by atoms with van der Waals surface area (Å²) in [6, 6.07) is 10.3. The normalized spacial score (nSPS) is 14.0. The van der Waals surface area contributed by atoms with Gasteiger partial charge in [0, 0.05) is 43.1 Å². The van der Waals surface area contributed by atoms with Crippen molar-refractivity contribution in [2.24, 2.45) is 0 Å². The first-order valence-corrected chi connectivity index (χ1v) is 8.79. The van der Waals surface area contributed by atoms with Gasteiger partial charge in [0.05, 0.1) is 23.1 Å². The van der Waals surface area contributed by atoms with E-state index in [9.17, 15) is 25.0 Å². The van der Waals surface area contributed by atoms with E-state index >= 15 is 0 Å². The number of benzene rings is 2. The molecule has 29 heavy (non-hydrogen) atoms. The van der Waals surface area contributed by atoms with Crippen molar-refractivity contribution in [1.82, 2.24) is 0 Å². The van der Waals surface area contributed by atoms with E-state index in [0.717, 1.165) is 0 Å². The van der Waals surface area contributed by atoms with Gasteiger partial charge in [-0.25, -0.2) is 0 Å². The molecular formula is C19H18N4O6. The summed E-state index contributed by atoms with van der Waals surface area (Å²) in [5.41, 5.74) is 1.06. The Morgan fingerprint density at radius 2 is 1.83 bits per heavy atom. The molecule has 1 N–H and O–H groups in total. The molecule has 0 aromatic heterocycles. The van der Waals surface area contributed by atoms with Crippen LogP contribution in [-0.2, 0) is 9.53 Å². The van der Waals surface area contributed by atoms with Gasteiger partial charge in [0.15, 0.2) is 0 Å². The number of carbonyl (C=O) groups is 1. The zero-order valence-corrected chi connectivity index (χ0v) is 15.3. The number of non-ortho nitro benzene ring substituents is 1. The zero-order chi connectivity index (χ0) is 20.8. The fourth-order valence-corrected chi connectivity index (χ4v) is 2.92. The van der Waals surface area contributed by atoms with Gasteiger partial charge in [-0.15, -0.1) is 0 Å². The lowest BCUT2D eigenvalue weighted by molar-refractivity contribution is -0.384. The highest BCUT2D eigenvalue weighted by molar-refractivity contribution is 6.02. The van der Waals surface area contributed by atoms with Gasteiger partial charge in [-0.05, 0) is 23.8 Å². The second-order valence-electron chi connectivity index (χ2n) is 6.23. The first-order chi connectivity index (χ1) is 13.9. The van der Waals surface area contributed by atoms with Crippen LogP contribution in [0.5, 0.6) is 0 Å². The van der Waals surface area contributed by atoms with Crippen LogP contribution in [0, 0.1) is 20.2 Å². The van der Waals surface area contributed by atoms with Gasteiger partial charge in [-0.1, -0.05) is 12.1 Å². The molecule has 2 aromatic rings. The molecule has 1 heterocycles. The number of carbonyl (C=O) groups excluding carboxylic acids is 1. The smallest absolute Gasteiger partial charge is 0.294 e. The average Bonchev–Trinajstić information content (AvgIpc) is 2.73. The molecule has 2 aromatic carbocycles. The maximum atomic E-state index is 12.1. The van der Waals surface area contributed by atoms with E-state index in [-0.39, 0.29) is 17.1 Å². The summed E-state index contributed by atoms with van der Waals surface area (Å²) >= 11 is 0. The van der Waals surface area contributed by atoms with Crippen molar-refractivity contribution < 1.29 is 19.4 Å². The minimum Gasteiger partial charge on any atom is -0.378 e. The Morgan fingerprint density at radius 1 is 1.07 bits per heavy atom. The van der Waals surface area contributed by atoms with Crippen LogP contribution < -0.4 is 10.2 Å². The number of nitro groups is 2. The van der Waals surface area contributed by atoms with Crippen LogP contribution in [0.1, 0.15) is 5.56 Å². The van der Waals surface area contributed by atoms with E-state index < -0.39 is 15.8 Å². The Balaban J connectivity index is 1.73. The first-order valence-electron chi connectivity index (χ1n) is 8.79. The fraction of sp³-hybridized carbons (Fsp3) is 0.211. The zero-order valence-electron chi connectivity index (χ0n) is 15.3. The Kier molecular flexibility index (Phi) is 6.15. The number of morpholine rings is 1. The van der Waals surface area contributed by atoms with Crippen molar-refractivity contribution in [1.29, 1.82) is 0 Å². The minimum atomic E-state index is -0.521. The van der Waals surface area contributed by atoms with Crippen molar-refractivity contribution >= 4 is 34.7 Å². The van der Waals surface area contributed by atoms with Crippen molar-refractivity contribution in [3.8, 4) is 0 Å². The standard InChI is InChI=1S/C19H18N4O6/c24-19(7-4-14-2-1-3-16(12-14)22(25)26)20-15-5-6-17(18(13-15)23(27)28)21-8-10-29-11-9-21/h1-7,12-13H,8-11H2,(H,20,24)/b7-4+. The third kappa shape index (κ3) is 5.14. The van der Waals surface area contributed by atoms with Crippen LogP contribution in [0.15, 0.2) is 48.5 Å². The monoisotopic (exact) mass is 398 g/mol. The van der Waals surface area contributed by atoms with E-state index in [1.54, 1.807) is 18.2 Å². The third-order valence-corrected chi connectivity index (χ3v) is 4.30. The summed E-state index contributed by atoms with van der Waals surface area (Å²) in [6.45, 7) is 2.10. The summed E-state index contributed by atoms with van der Waals surface area (Å²) in [6.07, 6.45) is 2.64. The fourth-order valence-electron chi connectivity index (χ4n) is 2.92. The highest BCUT2D eigenvalue weighted by atomic mass is 16.6. The predicted octanol–water partition coefficient (Wildman–Crippen LogP) is 2.99. The van der Waals surface area contributed by atoms with Crippen molar-refractivity contribution in [3.05, 3.63) is 74.3 Å². The van der Waals surface area contributed by atoms with Crippen molar-refractivity contribution in [2.75, 3.05) is 36.5 Å². The SMILES string of the molecule is O=C(/C=C/c1cccc([N+](=O)[O-])c1)Nc1ccc(N2CCOCC2)c([N+](=O)[O-])c1. The lowest BCUT2D eigenvalue weighted by Gasteiger charge is -2.28. The molecule has 1 aliphatic rings. The number of nitrogens with one attached hydrogen (secondary N) is 1. The number of nitrogens with zero attached hydrogens (tertiary/aromatic N) is 3. The second-order valence-corrected chi connectivity index (χ2v) is 6.23. The molecule has 3 rings (SSSR count). The van der Waals surface area contributed by atoms with Crippen molar-refractivity contribution in [2.45, 2.75) is 0 Å². The second kappa shape index (κ2) is 8.93.